The number of amides is 1. The zero-order valence-electron chi connectivity index (χ0n) is 15.1. The number of rotatable bonds is 7. The molecule has 2 aromatic heterocycles. The van der Waals surface area contributed by atoms with Crippen molar-refractivity contribution in [3.8, 4) is 22.8 Å². The van der Waals surface area contributed by atoms with E-state index in [9.17, 15) is 4.79 Å². The second-order valence-electron chi connectivity index (χ2n) is 5.48. The van der Waals surface area contributed by atoms with Gasteiger partial charge in [-0.1, -0.05) is 16.9 Å². The molecule has 3 rings (SSSR count). The number of nitrogens with zero attached hydrogens (tertiary/aromatic N) is 3. The topological polar surface area (TPSA) is 99.4 Å². The van der Waals surface area contributed by atoms with Gasteiger partial charge in [0.2, 0.25) is 5.91 Å². The Balaban J connectivity index is 1.64. The third-order valence-corrected chi connectivity index (χ3v) is 4.49. The zero-order valence-corrected chi connectivity index (χ0v) is 15.9. The molecule has 1 aromatic carbocycles. The van der Waals surface area contributed by atoms with Gasteiger partial charge in [0.05, 0.1) is 25.7 Å². The van der Waals surface area contributed by atoms with E-state index in [1.165, 1.54) is 11.8 Å². The molecule has 0 atom stereocenters. The number of aryl methyl sites for hydroxylation is 1. The van der Waals surface area contributed by atoms with E-state index in [4.69, 9.17) is 14.0 Å². The Hall–Kier alpha value is -3.07. The van der Waals surface area contributed by atoms with Crippen LogP contribution in [0.1, 0.15) is 5.76 Å². The molecule has 0 radical (unpaired) electrons. The van der Waals surface area contributed by atoms with E-state index < -0.39 is 0 Å². The number of benzene rings is 1. The quantitative estimate of drug-likeness (QED) is 0.618. The van der Waals surface area contributed by atoms with Gasteiger partial charge in [-0.3, -0.25) is 4.79 Å². The highest BCUT2D eigenvalue weighted by molar-refractivity contribution is 7.99. The van der Waals surface area contributed by atoms with Crippen LogP contribution in [0.2, 0.25) is 0 Å². The summed E-state index contributed by atoms with van der Waals surface area (Å²) in [6.45, 7) is 1.76. The Morgan fingerprint density at radius 1 is 1.15 bits per heavy atom. The van der Waals surface area contributed by atoms with Crippen LogP contribution in [0.15, 0.2) is 45.9 Å². The lowest BCUT2D eigenvalue weighted by atomic mass is 10.1. The minimum atomic E-state index is -0.200. The molecule has 3 aromatic rings. The first-order valence-corrected chi connectivity index (χ1v) is 8.99. The normalized spacial score (nSPS) is 10.5. The molecular weight excluding hydrogens is 368 g/mol. The monoisotopic (exact) mass is 386 g/mol. The van der Waals surface area contributed by atoms with Gasteiger partial charge in [0.15, 0.2) is 5.82 Å². The minimum Gasteiger partial charge on any atom is -0.497 e. The third kappa shape index (κ3) is 4.76. The number of nitrogens with one attached hydrogen (secondary N) is 1. The van der Waals surface area contributed by atoms with Crippen molar-refractivity contribution in [2.24, 2.45) is 0 Å². The maximum absolute atomic E-state index is 11.9. The van der Waals surface area contributed by atoms with Crippen molar-refractivity contribution in [1.82, 2.24) is 15.4 Å². The average molecular weight is 386 g/mol. The van der Waals surface area contributed by atoms with Crippen LogP contribution in [-0.2, 0) is 4.79 Å². The Morgan fingerprint density at radius 3 is 2.63 bits per heavy atom. The number of ether oxygens (including phenoxy) is 2. The van der Waals surface area contributed by atoms with E-state index in [1.54, 1.807) is 33.3 Å². The Bertz CT molecular complexity index is 927. The van der Waals surface area contributed by atoms with Crippen LogP contribution in [0.5, 0.6) is 11.5 Å². The first-order valence-electron chi connectivity index (χ1n) is 8.01. The highest BCUT2D eigenvalue weighted by Gasteiger charge is 2.11. The van der Waals surface area contributed by atoms with E-state index in [-0.39, 0.29) is 11.7 Å². The summed E-state index contributed by atoms with van der Waals surface area (Å²) in [5, 5.41) is 15.4. The Morgan fingerprint density at radius 2 is 2.00 bits per heavy atom. The van der Waals surface area contributed by atoms with Crippen molar-refractivity contribution in [1.29, 1.82) is 0 Å². The molecule has 0 saturated carbocycles. The summed E-state index contributed by atoms with van der Waals surface area (Å²) >= 11 is 1.28. The van der Waals surface area contributed by atoms with Crippen LogP contribution in [0.4, 0.5) is 5.82 Å². The van der Waals surface area contributed by atoms with Gasteiger partial charge >= 0.3 is 0 Å². The third-order valence-electron chi connectivity index (χ3n) is 3.57. The lowest BCUT2D eigenvalue weighted by Gasteiger charge is -2.09. The molecule has 0 aliphatic heterocycles. The van der Waals surface area contributed by atoms with E-state index in [2.05, 4.69) is 20.7 Å². The SMILES string of the molecule is COc1ccc(OC)c(-c2ccc(SCC(=O)Nc3cc(C)on3)nn2)c1. The molecule has 1 amide bonds. The number of methoxy groups -OCH3 is 2. The van der Waals surface area contributed by atoms with Gasteiger partial charge in [-0.05, 0) is 37.3 Å². The van der Waals surface area contributed by atoms with Crippen molar-refractivity contribution in [3.63, 3.8) is 0 Å². The van der Waals surface area contributed by atoms with Gasteiger partial charge in [0, 0.05) is 11.6 Å². The number of carbonyl (C=O) groups is 1. The number of anilines is 1. The largest absolute Gasteiger partial charge is 0.497 e. The highest BCUT2D eigenvalue weighted by Crippen LogP contribution is 2.32. The van der Waals surface area contributed by atoms with E-state index >= 15 is 0 Å². The fourth-order valence-electron chi connectivity index (χ4n) is 2.30. The fourth-order valence-corrected chi connectivity index (χ4v) is 2.91. The van der Waals surface area contributed by atoms with Gasteiger partial charge in [0.1, 0.15) is 22.3 Å². The van der Waals surface area contributed by atoms with Crippen molar-refractivity contribution < 1.29 is 18.8 Å². The Labute approximate surface area is 160 Å². The maximum Gasteiger partial charge on any atom is 0.236 e. The molecule has 0 unspecified atom stereocenters. The summed E-state index contributed by atoms with van der Waals surface area (Å²) in [5.74, 6) is 2.38. The number of hydrogen-bond acceptors (Lipinski definition) is 8. The molecule has 0 bridgehead atoms. The van der Waals surface area contributed by atoms with E-state index in [0.29, 0.717) is 33.8 Å². The summed E-state index contributed by atoms with van der Waals surface area (Å²) in [7, 11) is 3.19. The second-order valence-corrected chi connectivity index (χ2v) is 6.48. The van der Waals surface area contributed by atoms with Gasteiger partial charge in [-0.25, -0.2) is 0 Å². The molecule has 2 heterocycles. The fraction of sp³-hybridized carbons (Fsp3) is 0.222. The predicted molar refractivity (Wildman–Crippen MR) is 101 cm³/mol. The zero-order chi connectivity index (χ0) is 19.2. The molecule has 0 aliphatic rings. The average Bonchev–Trinajstić information content (AvgIpc) is 3.10. The Kier molecular flexibility index (Phi) is 5.92. The first-order chi connectivity index (χ1) is 13.1. The smallest absolute Gasteiger partial charge is 0.236 e. The second kappa shape index (κ2) is 8.54. The van der Waals surface area contributed by atoms with Crippen molar-refractivity contribution >= 4 is 23.5 Å². The lowest BCUT2D eigenvalue weighted by molar-refractivity contribution is -0.113. The molecule has 27 heavy (non-hydrogen) atoms. The van der Waals surface area contributed by atoms with Gasteiger partial charge in [0.25, 0.3) is 0 Å². The number of carbonyl (C=O) groups excluding carboxylic acids is 1. The molecule has 0 spiro atoms. The molecular formula is C18H18N4O4S. The number of hydrogen-bond donors (Lipinski definition) is 1. The molecule has 140 valence electrons. The summed E-state index contributed by atoms with van der Waals surface area (Å²) in [6, 6.07) is 10.7. The number of aromatic nitrogens is 3. The molecule has 0 aliphatic carbocycles. The van der Waals surface area contributed by atoms with Gasteiger partial charge in [-0.15, -0.1) is 10.2 Å². The van der Waals surface area contributed by atoms with Crippen molar-refractivity contribution in [2.45, 2.75) is 11.9 Å². The van der Waals surface area contributed by atoms with Crippen molar-refractivity contribution in [3.05, 3.63) is 42.2 Å². The summed E-state index contributed by atoms with van der Waals surface area (Å²) in [5.41, 5.74) is 1.43. The van der Waals surface area contributed by atoms with Crippen LogP contribution in [0.3, 0.4) is 0 Å². The summed E-state index contributed by atoms with van der Waals surface area (Å²) in [4.78, 5) is 11.9. The molecule has 0 saturated heterocycles. The molecule has 0 fully saturated rings. The minimum absolute atomic E-state index is 0.183. The number of thioether (sulfide) groups is 1. The summed E-state index contributed by atoms with van der Waals surface area (Å²) in [6.07, 6.45) is 0. The van der Waals surface area contributed by atoms with Gasteiger partial charge in [-0.2, -0.15) is 0 Å². The predicted octanol–water partition coefficient (Wildman–Crippen LogP) is 3.19. The first kappa shape index (κ1) is 18.7. The van der Waals surface area contributed by atoms with Crippen LogP contribution in [-0.4, -0.2) is 41.2 Å². The maximum atomic E-state index is 11.9. The van der Waals surface area contributed by atoms with Crippen LogP contribution in [0.25, 0.3) is 11.3 Å². The van der Waals surface area contributed by atoms with E-state index in [0.717, 1.165) is 5.56 Å². The standard InChI is InChI=1S/C18H18N4O4S/c1-11-8-16(22-26-11)19-17(23)10-27-18-7-5-14(20-21-18)13-9-12(24-2)4-6-15(13)25-3/h4-9H,10H2,1-3H3,(H,19,22,23). The highest BCUT2D eigenvalue weighted by atomic mass is 32.2. The van der Waals surface area contributed by atoms with Gasteiger partial charge < -0.3 is 19.3 Å². The summed E-state index contributed by atoms with van der Waals surface area (Å²) < 4.78 is 15.5. The lowest BCUT2D eigenvalue weighted by Crippen LogP contribution is -2.14. The van der Waals surface area contributed by atoms with Crippen molar-refractivity contribution in [2.75, 3.05) is 25.3 Å². The molecule has 8 nitrogen and oxygen atoms in total. The van der Waals surface area contributed by atoms with Crippen LogP contribution >= 0.6 is 11.8 Å². The van der Waals surface area contributed by atoms with Crippen LogP contribution in [0, 0.1) is 6.92 Å². The molecule has 1 N–H and O–H groups in total. The molecule has 9 heteroatoms. The van der Waals surface area contributed by atoms with Crippen LogP contribution < -0.4 is 14.8 Å². The van der Waals surface area contributed by atoms with E-state index in [1.807, 2.05) is 24.3 Å².